The SMILES string of the molecule is CC=CCN1CC2CCC1(C(CC(=O)c1c(C)cccc1C)c1ccccc1)CC2. The van der Waals surface area contributed by atoms with Crippen molar-refractivity contribution in [3.05, 3.63) is 82.9 Å². The first-order valence-electron chi connectivity index (χ1n) is 11.6. The second kappa shape index (κ2) is 8.89. The summed E-state index contributed by atoms with van der Waals surface area (Å²) in [7, 11) is 0. The first-order valence-corrected chi connectivity index (χ1v) is 11.6. The molecule has 3 fully saturated rings. The van der Waals surface area contributed by atoms with E-state index in [9.17, 15) is 4.79 Å². The minimum Gasteiger partial charge on any atom is -0.294 e. The number of rotatable bonds is 7. The minimum absolute atomic E-state index is 0.0852. The van der Waals surface area contributed by atoms with Gasteiger partial charge in [0.2, 0.25) is 0 Å². The van der Waals surface area contributed by atoms with Gasteiger partial charge in [-0.15, -0.1) is 0 Å². The monoisotopic (exact) mass is 401 g/mol. The van der Waals surface area contributed by atoms with Crippen molar-refractivity contribution in [2.24, 2.45) is 5.92 Å². The van der Waals surface area contributed by atoms with Crippen LogP contribution in [0.5, 0.6) is 0 Å². The number of carbonyl (C=O) groups excluding carboxylic acids is 1. The highest BCUT2D eigenvalue weighted by Gasteiger charge is 2.51. The lowest BCUT2D eigenvalue weighted by Gasteiger charge is -2.58. The number of ketones is 1. The van der Waals surface area contributed by atoms with Gasteiger partial charge in [0, 0.05) is 36.5 Å². The van der Waals surface area contributed by atoms with Crippen LogP contribution in [0.25, 0.3) is 0 Å². The van der Waals surface area contributed by atoms with Gasteiger partial charge in [0.05, 0.1) is 0 Å². The number of piperidine rings is 2. The number of fused-ring (bicyclic) bond motifs is 3. The molecule has 5 rings (SSSR count). The quantitative estimate of drug-likeness (QED) is 0.391. The molecule has 0 aromatic heterocycles. The van der Waals surface area contributed by atoms with Gasteiger partial charge < -0.3 is 0 Å². The van der Waals surface area contributed by atoms with Gasteiger partial charge in [-0.2, -0.15) is 0 Å². The molecular formula is C28H35NO. The van der Waals surface area contributed by atoms with Crippen molar-refractivity contribution in [1.29, 1.82) is 0 Å². The Labute approximate surface area is 182 Å². The molecule has 2 aliphatic heterocycles. The lowest BCUT2D eigenvalue weighted by molar-refractivity contribution is -0.0454. The van der Waals surface area contributed by atoms with Gasteiger partial charge in [-0.1, -0.05) is 60.7 Å². The number of hydrogen-bond acceptors (Lipinski definition) is 2. The largest absolute Gasteiger partial charge is 0.294 e. The summed E-state index contributed by atoms with van der Waals surface area (Å²) in [5.74, 6) is 1.35. The first-order chi connectivity index (χ1) is 14.5. The van der Waals surface area contributed by atoms with Crippen LogP contribution >= 0.6 is 0 Å². The Bertz CT molecular complexity index is 885. The smallest absolute Gasteiger partial charge is 0.164 e. The molecule has 2 bridgehead atoms. The van der Waals surface area contributed by atoms with Crippen LogP contribution in [0, 0.1) is 19.8 Å². The Hall–Kier alpha value is -2.19. The van der Waals surface area contributed by atoms with Crippen molar-refractivity contribution in [1.82, 2.24) is 4.90 Å². The highest BCUT2D eigenvalue weighted by Crippen LogP contribution is 2.52. The van der Waals surface area contributed by atoms with E-state index in [0.29, 0.717) is 12.2 Å². The summed E-state index contributed by atoms with van der Waals surface area (Å²) in [5.41, 5.74) is 4.54. The second-order valence-electron chi connectivity index (χ2n) is 9.38. The average Bonchev–Trinajstić information content (AvgIpc) is 2.77. The number of aryl methyl sites for hydroxylation is 2. The number of benzene rings is 2. The molecule has 0 N–H and O–H groups in total. The molecule has 0 amide bonds. The molecule has 1 saturated carbocycles. The highest BCUT2D eigenvalue weighted by atomic mass is 16.1. The van der Waals surface area contributed by atoms with Crippen LogP contribution < -0.4 is 0 Å². The van der Waals surface area contributed by atoms with Crippen LogP contribution in [-0.4, -0.2) is 29.3 Å². The number of carbonyl (C=O) groups is 1. The van der Waals surface area contributed by atoms with Crippen LogP contribution in [0.4, 0.5) is 0 Å². The Morgan fingerprint density at radius 2 is 1.73 bits per heavy atom. The van der Waals surface area contributed by atoms with Crippen LogP contribution in [0.2, 0.25) is 0 Å². The highest BCUT2D eigenvalue weighted by molar-refractivity contribution is 5.99. The third-order valence-electron chi connectivity index (χ3n) is 7.64. The lowest BCUT2D eigenvalue weighted by Crippen LogP contribution is -2.61. The van der Waals surface area contributed by atoms with Gasteiger partial charge in [0.1, 0.15) is 0 Å². The molecule has 2 heterocycles. The predicted octanol–water partition coefficient (Wildman–Crippen LogP) is 6.48. The van der Waals surface area contributed by atoms with E-state index in [1.165, 1.54) is 37.8 Å². The molecule has 3 aliphatic rings. The van der Waals surface area contributed by atoms with E-state index in [0.717, 1.165) is 29.2 Å². The Balaban J connectivity index is 1.74. The Morgan fingerprint density at radius 3 is 2.37 bits per heavy atom. The number of allylic oxidation sites excluding steroid dienone is 1. The molecule has 1 unspecified atom stereocenters. The van der Waals surface area contributed by atoms with Crippen LogP contribution in [-0.2, 0) is 0 Å². The molecule has 2 aromatic carbocycles. The van der Waals surface area contributed by atoms with Crippen molar-refractivity contribution in [2.45, 2.75) is 64.3 Å². The molecule has 2 saturated heterocycles. The summed E-state index contributed by atoms with van der Waals surface area (Å²) in [6.45, 7) is 8.41. The van der Waals surface area contributed by atoms with E-state index in [2.05, 4.69) is 86.4 Å². The summed E-state index contributed by atoms with van der Waals surface area (Å²) in [4.78, 5) is 16.4. The number of hydrogen-bond donors (Lipinski definition) is 0. The molecule has 2 heteroatoms. The zero-order valence-corrected chi connectivity index (χ0v) is 18.7. The van der Waals surface area contributed by atoms with Crippen LogP contribution in [0.3, 0.4) is 0 Å². The van der Waals surface area contributed by atoms with E-state index in [1.807, 2.05) is 0 Å². The van der Waals surface area contributed by atoms with Crippen molar-refractivity contribution < 1.29 is 4.79 Å². The Kier molecular flexibility index (Phi) is 6.24. The maximum atomic E-state index is 13.7. The van der Waals surface area contributed by atoms with Crippen molar-refractivity contribution in [3.8, 4) is 0 Å². The van der Waals surface area contributed by atoms with Gasteiger partial charge in [-0.05, 0) is 69.1 Å². The van der Waals surface area contributed by atoms with E-state index in [-0.39, 0.29) is 11.5 Å². The molecular weight excluding hydrogens is 366 g/mol. The molecule has 30 heavy (non-hydrogen) atoms. The summed E-state index contributed by atoms with van der Waals surface area (Å²) in [5, 5.41) is 0. The fourth-order valence-corrected chi connectivity index (χ4v) is 6.07. The van der Waals surface area contributed by atoms with Gasteiger partial charge in [0.15, 0.2) is 5.78 Å². The van der Waals surface area contributed by atoms with E-state index in [4.69, 9.17) is 0 Å². The predicted molar refractivity (Wildman–Crippen MR) is 125 cm³/mol. The third kappa shape index (κ3) is 3.90. The fourth-order valence-electron chi connectivity index (χ4n) is 6.07. The lowest BCUT2D eigenvalue weighted by atomic mass is 9.61. The van der Waals surface area contributed by atoms with Gasteiger partial charge in [-0.25, -0.2) is 0 Å². The standard InChI is InChI=1S/C28H35NO/c1-4-5-18-29-20-23-14-16-28(29,17-15-23)25(24-12-7-6-8-13-24)19-26(30)27-21(2)10-9-11-22(27)3/h4-13,23,25H,14-20H2,1-3H3. The minimum atomic E-state index is 0.0852. The van der Waals surface area contributed by atoms with Gasteiger partial charge in [-0.3, -0.25) is 9.69 Å². The normalized spacial score (nSPS) is 25.0. The maximum Gasteiger partial charge on any atom is 0.164 e. The summed E-state index contributed by atoms with van der Waals surface area (Å²) in [6, 6.07) is 17.0. The number of Topliss-reactive ketones (excluding diaryl/α,β-unsaturated/α-hetero) is 1. The zero-order valence-electron chi connectivity index (χ0n) is 18.7. The van der Waals surface area contributed by atoms with Crippen LogP contribution in [0.15, 0.2) is 60.7 Å². The van der Waals surface area contributed by atoms with E-state index in [1.54, 1.807) is 0 Å². The van der Waals surface area contributed by atoms with Gasteiger partial charge in [0.25, 0.3) is 0 Å². The summed E-state index contributed by atoms with van der Waals surface area (Å²) < 4.78 is 0. The van der Waals surface area contributed by atoms with E-state index < -0.39 is 0 Å². The molecule has 158 valence electrons. The van der Waals surface area contributed by atoms with Gasteiger partial charge >= 0.3 is 0 Å². The summed E-state index contributed by atoms with van der Waals surface area (Å²) >= 11 is 0. The molecule has 0 radical (unpaired) electrons. The number of nitrogens with zero attached hydrogens (tertiary/aromatic N) is 1. The molecule has 1 aliphatic carbocycles. The van der Waals surface area contributed by atoms with Crippen molar-refractivity contribution in [2.75, 3.05) is 13.1 Å². The molecule has 2 aromatic rings. The zero-order chi connectivity index (χ0) is 21.1. The Morgan fingerprint density at radius 1 is 1.07 bits per heavy atom. The topological polar surface area (TPSA) is 20.3 Å². The van der Waals surface area contributed by atoms with E-state index >= 15 is 0 Å². The van der Waals surface area contributed by atoms with Crippen molar-refractivity contribution >= 4 is 5.78 Å². The van der Waals surface area contributed by atoms with Crippen molar-refractivity contribution in [3.63, 3.8) is 0 Å². The average molecular weight is 402 g/mol. The molecule has 2 nitrogen and oxygen atoms in total. The van der Waals surface area contributed by atoms with Crippen LogP contribution in [0.1, 0.15) is 72.0 Å². The second-order valence-corrected chi connectivity index (χ2v) is 9.38. The fraction of sp³-hybridized carbons (Fsp3) is 0.464. The third-order valence-corrected chi connectivity index (χ3v) is 7.64. The molecule has 0 spiro atoms. The maximum absolute atomic E-state index is 13.7. The first kappa shape index (κ1) is 21.1. The molecule has 1 atom stereocenters. The summed E-state index contributed by atoms with van der Waals surface area (Å²) in [6.07, 6.45) is 10.0.